The number of fused-ring (bicyclic) bond motifs is 1. The van der Waals surface area contributed by atoms with Gasteiger partial charge in [0, 0.05) is 36.3 Å². The zero-order chi connectivity index (χ0) is 19.0. The van der Waals surface area contributed by atoms with Gasteiger partial charge in [0.2, 0.25) is 0 Å². The number of hydrogen-bond donors (Lipinski definition) is 1. The summed E-state index contributed by atoms with van der Waals surface area (Å²) < 4.78 is 10.4. The molecule has 3 heterocycles. The molecule has 2 aromatic heterocycles. The van der Waals surface area contributed by atoms with Crippen LogP contribution in [0.1, 0.15) is 26.6 Å². The van der Waals surface area contributed by atoms with E-state index in [0.717, 1.165) is 34.7 Å². The summed E-state index contributed by atoms with van der Waals surface area (Å²) in [4.78, 5) is 19.8. The molecule has 3 aromatic rings. The Morgan fingerprint density at radius 3 is 2.67 bits per heavy atom. The molecule has 1 aromatic carbocycles. The van der Waals surface area contributed by atoms with Crippen molar-refractivity contribution in [2.75, 3.05) is 20.8 Å². The summed E-state index contributed by atoms with van der Waals surface area (Å²) >= 11 is 1.29. The number of carbonyl (C=O) groups is 1. The Morgan fingerprint density at radius 1 is 1.22 bits per heavy atom. The van der Waals surface area contributed by atoms with Crippen LogP contribution >= 0.6 is 11.3 Å². The molecule has 1 aliphatic heterocycles. The van der Waals surface area contributed by atoms with Gasteiger partial charge in [-0.1, -0.05) is 11.3 Å². The highest BCUT2D eigenvalue weighted by Gasteiger charge is 2.28. The molecule has 0 spiro atoms. The first-order valence-corrected chi connectivity index (χ1v) is 9.43. The SMILES string of the molecule is COc1ccc(-c2n[nH]c3c2CN(C(=O)c2sc(OC)nc2C)CC3)cc1. The van der Waals surface area contributed by atoms with Crippen molar-refractivity contribution in [3.05, 3.63) is 46.1 Å². The fourth-order valence-electron chi connectivity index (χ4n) is 3.26. The molecule has 0 unspecified atom stereocenters. The molecule has 0 atom stereocenters. The van der Waals surface area contributed by atoms with Crippen LogP contribution in [0.3, 0.4) is 0 Å². The zero-order valence-electron chi connectivity index (χ0n) is 15.4. The number of hydrogen-bond acceptors (Lipinski definition) is 6. The second-order valence-electron chi connectivity index (χ2n) is 6.33. The third-order valence-electron chi connectivity index (χ3n) is 4.73. The van der Waals surface area contributed by atoms with Gasteiger partial charge in [0.25, 0.3) is 11.1 Å². The number of carbonyl (C=O) groups excluding carboxylic acids is 1. The number of aryl methyl sites for hydroxylation is 1. The number of methoxy groups -OCH3 is 2. The highest BCUT2D eigenvalue weighted by molar-refractivity contribution is 7.15. The first kappa shape index (κ1) is 17.5. The highest BCUT2D eigenvalue weighted by Crippen LogP contribution is 2.32. The topological polar surface area (TPSA) is 80.3 Å². The summed E-state index contributed by atoms with van der Waals surface area (Å²) in [6.07, 6.45) is 0.749. The van der Waals surface area contributed by atoms with Crippen LogP contribution in [-0.4, -0.2) is 46.8 Å². The van der Waals surface area contributed by atoms with E-state index in [9.17, 15) is 4.79 Å². The summed E-state index contributed by atoms with van der Waals surface area (Å²) in [7, 11) is 3.21. The van der Waals surface area contributed by atoms with Gasteiger partial charge in [0.05, 0.1) is 25.6 Å². The Kier molecular flexibility index (Phi) is 4.57. The van der Waals surface area contributed by atoms with E-state index in [1.54, 1.807) is 14.2 Å². The molecule has 0 fully saturated rings. The Balaban J connectivity index is 1.61. The van der Waals surface area contributed by atoms with Gasteiger partial charge >= 0.3 is 0 Å². The number of nitrogens with zero attached hydrogens (tertiary/aromatic N) is 3. The molecule has 4 rings (SSSR count). The van der Waals surface area contributed by atoms with E-state index in [4.69, 9.17) is 9.47 Å². The van der Waals surface area contributed by atoms with Crippen LogP contribution in [0.4, 0.5) is 0 Å². The lowest BCUT2D eigenvalue weighted by molar-refractivity contribution is 0.0738. The van der Waals surface area contributed by atoms with E-state index in [1.807, 2.05) is 36.1 Å². The van der Waals surface area contributed by atoms with Gasteiger partial charge in [-0.25, -0.2) is 4.98 Å². The molecular formula is C19H20N4O3S. The fourth-order valence-corrected chi connectivity index (χ4v) is 4.11. The maximum Gasteiger partial charge on any atom is 0.273 e. The number of ether oxygens (including phenoxy) is 2. The largest absolute Gasteiger partial charge is 0.497 e. The van der Waals surface area contributed by atoms with Crippen LogP contribution in [-0.2, 0) is 13.0 Å². The highest BCUT2D eigenvalue weighted by atomic mass is 32.1. The Bertz CT molecular complexity index is 978. The van der Waals surface area contributed by atoms with Gasteiger partial charge in [0.1, 0.15) is 10.6 Å². The molecule has 1 N–H and O–H groups in total. The smallest absolute Gasteiger partial charge is 0.273 e. The molecule has 0 saturated heterocycles. The summed E-state index contributed by atoms with van der Waals surface area (Å²) in [5.41, 5.74) is 4.73. The van der Waals surface area contributed by atoms with Crippen molar-refractivity contribution in [1.29, 1.82) is 0 Å². The number of rotatable bonds is 4. The van der Waals surface area contributed by atoms with E-state index in [1.165, 1.54) is 11.3 Å². The molecule has 7 nitrogen and oxygen atoms in total. The molecule has 1 aliphatic rings. The van der Waals surface area contributed by atoms with Crippen LogP contribution in [0.25, 0.3) is 11.3 Å². The Hall–Kier alpha value is -2.87. The number of nitrogens with one attached hydrogen (secondary N) is 1. The lowest BCUT2D eigenvalue weighted by Gasteiger charge is -2.27. The standard InChI is InChI=1S/C19H20N4O3S/c1-11-17(27-19(20-11)26-3)18(24)23-9-8-15-14(10-23)16(22-21-15)12-4-6-13(25-2)7-5-12/h4-7H,8-10H2,1-3H3,(H,21,22). The van der Waals surface area contributed by atoms with Gasteiger partial charge < -0.3 is 14.4 Å². The number of benzene rings is 1. The minimum Gasteiger partial charge on any atom is -0.497 e. The van der Waals surface area contributed by atoms with Crippen LogP contribution in [0.2, 0.25) is 0 Å². The Morgan fingerprint density at radius 2 is 2.00 bits per heavy atom. The van der Waals surface area contributed by atoms with E-state index < -0.39 is 0 Å². The van der Waals surface area contributed by atoms with Gasteiger partial charge in [-0.2, -0.15) is 5.10 Å². The minimum absolute atomic E-state index is 0.0131. The van der Waals surface area contributed by atoms with Crippen LogP contribution in [0.5, 0.6) is 10.9 Å². The number of amides is 1. The molecule has 27 heavy (non-hydrogen) atoms. The third kappa shape index (κ3) is 3.16. The predicted octanol–water partition coefficient (Wildman–Crippen LogP) is 3.06. The lowest BCUT2D eigenvalue weighted by Crippen LogP contribution is -2.35. The second-order valence-corrected chi connectivity index (χ2v) is 7.29. The van der Waals surface area contributed by atoms with Crippen molar-refractivity contribution < 1.29 is 14.3 Å². The van der Waals surface area contributed by atoms with Crippen molar-refractivity contribution in [3.8, 4) is 22.2 Å². The summed E-state index contributed by atoms with van der Waals surface area (Å²) in [5, 5.41) is 8.13. The first-order valence-electron chi connectivity index (χ1n) is 8.62. The lowest BCUT2D eigenvalue weighted by atomic mass is 10.0. The fraction of sp³-hybridized carbons (Fsp3) is 0.316. The number of aromatic nitrogens is 3. The van der Waals surface area contributed by atoms with Crippen molar-refractivity contribution in [2.24, 2.45) is 0 Å². The van der Waals surface area contributed by atoms with Crippen LogP contribution < -0.4 is 9.47 Å². The number of thiazole rings is 1. The van der Waals surface area contributed by atoms with Gasteiger partial charge in [0.15, 0.2) is 0 Å². The van der Waals surface area contributed by atoms with E-state index in [0.29, 0.717) is 28.9 Å². The van der Waals surface area contributed by atoms with Crippen LogP contribution in [0, 0.1) is 6.92 Å². The van der Waals surface area contributed by atoms with Gasteiger partial charge in [-0.3, -0.25) is 9.89 Å². The third-order valence-corrected chi connectivity index (χ3v) is 5.84. The maximum absolute atomic E-state index is 13.0. The molecule has 0 radical (unpaired) electrons. The van der Waals surface area contributed by atoms with Crippen molar-refractivity contribution in [1.82, 2.24) is 20.1 Å². The normalized spacial score (nSPS) is 13.4. The molecular weight excluding hydrogens is 364 g/mol. The molecule has 140 valence electrons. The quantitative estimate of drug-likeness (QED) is 0.748. The number of aromatic amines is 1. The van der Waals surface area contributed by atoms with E-state index in [2.05, 4.69) is 15.2 Å². The van der Waals surface area contributed by atoms with Crippen molar-refractivity contribution in [2.45, 2.75) is 19.9 Å². The molecule has 0 aliphatic carbocycles. The molecule has 0 bridgehead atoms. The summed E-state index contributed by atoms with van der Waals surface area (Å²) in [6, 6.07) is 7.78. The van der Waals surface area contributed by atoms with E-state index in [-0.39, 0.29) is 5.91 Å². The summed E-state index contributed by atoms with van der Waals surface area (Å²) in [5.74, 6) is 0.787. The minimum atomic E-state index is -0.0131. The van der Waals surface area contributed by atoms with Crippen LogP contribution in [0.15, 0.2) is 24.3 Å². The first-order chi connectivity index (χ1) is 13.1. The van der Waals surface area contributed by atoms with Gasteiger partial charge in [-0.15, -0.1) is 0 Å². The zero-order valence-corrected chi connectivity index (χ0v) is 16.2. The number of H-pyrrole nitrogens is 1. The van der Waals surface area contributed by atoms with E-state index >= 15 is 0 Å². The average Bonchev–Trinajstić information content (AvgIpc) is 3.30. The van der Waals surface area contributed by atoms with Crippen molar-refractivity contribution >= 4 is 17.2 Å². The maximum atomic E-state index is 13.0. The predicted molar refractivity (Wildman–Crippen MR) is 102 cm³/mol. The molecule has 1 amide bonds. The second kappa shape index (κ2) is 7.03. The summed E-state index contributed by atoms with van der Waals surface area (Å²) in [6.45, 7) is 3.00. The monoisotopic (exact) mass is 384 g/mol. The molecule has 0 saturated carbocycles. The molecule has 8 heteroatoms. The van der Waals surface area contributed by atoms with Gasteiger partial charge in [-0.05, 0) is 31.2 Å². The average molecular weight is 384 g/mol. The van der Waals surface area contributed by atoms with Crippen molar-refractivity contribution in [3.63, 3.8) is 0 Å². The Labute approximate surface area is 161 Å².